The van der Waals surface area contributed by atoms with E-state index in [2.05, 4.69) is 37.8 Å². The summed E-state index contributed by atoms with van der Waals surface area (Å²) >= 11 is 0. The fourth-order valence-electron chi connectivity index (χ4n) is 2.70. The van der Waals surface area contributed by atoms with Crippen molar-refractivity contribution in [3.63, 3.8) is 0 Å². The summed E-state index contributed by atoms with van der Waals surface area (Å²) in [5, 5.41) is 9.19. The third-order valence-corrected chi connectivity index (χ3v) is 3.29. The number of morpholine rings is 1. The standard InChI is InChI=1S/C14H21NO2/c1-10-6-11(2)14(12(3)7-10)15-4-5-17-13(8-15)9-16/h6-7,13,16H,4-5,8-9H2,1-3H3. The van der Waals surface area contributed by atoms with E-state index in [0.29, 0.717) is 6.61 Å². The number of benzene rings is 1. The maximum atomic E-state index is 9.19. The molecule has 0 bridgehead atoms. The van der Waals surface area contributed by atoms with Gasteiger partial charge in [-0.15, -0.1) is 0 Å². The molecule has 1 unspecified atom stereocenters. The molecule has 0 aromatic heterocycles. The van der Waals surface area contributed by atoms with Crippen LogP contribution in [0.2, 0.25) is 0 Å². The van der Waals surface area contributed by atoms with Crippen molar-refractivity contribution in [2.24, 2.45) is 0 Å². The number of rotatable bonds is 2. The molecule has 17 heavy (non-hydrogen) atoms. The van der Waals surface area contributed by atoms with Gasteiger partial charge in [0.2, 0.25) is 0 Å². The summed E-state index contributed by atoms with van der Waals surface area (Å²) in [5.41, 5.74) is 5.22. The molecule has 1 aromatic rings. The van der Waals surface area contributed by atoms with Crippen molar-refractivity contribution in [3.8, 4) is 0 Å². The minimum Gasteiger partial charge on any atom is -0.394 e. The highest BCUT2D eigenvalue weighted by molar-refractivity contribution is 5.60. The molecule has 3 heteroatoms. The van der Waals surface area contributed by atoms with Gasteiger partial charge in [0.1, 0.15) is 0 Å². The Labute approximate surface area is 103 Å². The molecular formula is C14H21NO2. The molecule has 1 aromatic carbocycles. The van der Waals surface area contributed by atoms with Crippen molar-refractivity contribution in [1.82, 2.24) is 0 Å². The summed E-state index contributed by atoms with van der Waals surface area (Å²) < 4.78 is 5.49. The molecule has 1 aliphatic rings. The van der Waals surface area contributed by atoms with Crippen molar-refractivity contribution in [2.75, 3.05) is 31.2 Å². The Morgan fingerprint density at radius 1 is 1.29 bits per heavy atom. The number of aryl methyl sites for hydroxylation is 3. The van der Waals surface area contributed by atoms with Crippen LogP contribution in [0.15, 0.2) is 12.1 Å². The second-order valence-corrected chi connectivity index (χ2v) is 4.87. The first-order valence-electron chi connectivity index (χ1n) is 6.17. The van der Waals surface area contributed by atoms with Crippen LogP contribution in [0.4, 0.5) is 5.69 Å². The quantitative estimate of drug-likeness (QED) is 0.848. The van der Waals surface area contributed by atoms with Crippen LogP contribution in [0, 0.1) is 20.8 Å². The second-order valence-electron chi connectivity index (χ2n) is 4.87. The van der Waals surface area contributed by atoms with E-state index in [1.54, 1.807) is 0 Å². The van der Waals surface area contributed by atoms with E-state index in [4.69, 9.17) is 4.74 Å². The highest BCUT2D eigenvalue weighted by atomic mass is 16.5. The Morgan fingerprint density at radius 2 is 1.94 bits per heavy atom. The Balaban J connectivity index is 2.27. The Kier molecular flexibility index (Phi) is 3.69. The summed E-state index contributed by atoms with van der Waals surface area (Å²) in [6.07, 6.45) is -0.0520. The maximum absolute atomic E-state index is 9.19. The first kappa shape index (κ1) is 12.4. The molecule has 0 amide bonds. The van der Waals surface area contributed by atoms with Crippen LogP contribution in [0.5, 0.6) is 0 Å². The van der Waals surface area contributed by atoms with Crippen molar-refractivity contribution in [3.05, 3.63) is 28.8 Å². The topological polar surface area (TPSA) is 32.7 Å². The van der Waals surface area contributed by atoms with Gasteiger partial charge in [-0.05, 0) is 31.9 Å². The van der Waals surface area contributed by atoms with E-state index in [9.17, 15) is 5.11 Å². The van der Waals surface area contributed by atoms with E-state index in [1.165, 1.54) is 22.4 Å². The van der Waals surface area contributed by atoms with Gasteiger partial charge in [0.25, 0.3) is 0 Å². The number of nitrogens with zero attached hydrogens (tertiary/aromatic N) is 1. The van der Waals surface area contributed by atoms with Gasteiger partial charge in [0.05, 0.1) is 19.3 Å². The van der Waals surface area contributed by atoms with E-state index < -0.39 is 0 Å². The minimum atomic E-state index is -0.0520. The zero-order chi connectivity index (χ0) is 12.4. The zero-order valence-corrected chi connectivity index (χ0v) is 10.9. The minimum absolute atomic E-state index is 0.0520. The first-order valence-corrected chi connectivity index (χ1v) is 6.17. The molecule has 0 spiro atoms. The van der Waals surface area contributed by atoms with Crippen molar-refractivity contribution < 1.29 is 9.84 Å². The fourth-order valence-corrected chi connectivity index (χ4v) is 2.70. The monoisotopic (exact) mass is 235 g/mol. The maximum Gasteiger partial charge on any atom is 0.0980 e. The van der Waals surface area contributed by atoms with Gasteiger partial charge in [-0.3, -0.25) is 0 Å². The van der Waals surface area contributed by atoms with E-state index in [0.717, 1.165) is 13.1 Å². The molecule has 1 N–H and O–H groups in total. The third-order valence-electron chi connectivity index (χ3n) is 3.29. The van der Waals surface area contributed by atoms with Crippen LogP contribution in [0.1, 0.15) is 16.7 Å². The van der Waals surface area contributed by atoms with Gasteiger partial charge in [-0.2, -0.15) is 0 Å². The summed E-state index contributed by atoms with van der Waals surface area (Å²) in [6, 6.07) is 4.43. The smallest absolute Gasteiger partial charge is 0.0980 e. The van der Waals surface area contributed by atoms with Crippen LogP contribution >= 0.6 is 0 Å². The SMILES string of the molecule is Cc1cc(C)c(N2CCOC(CO)C2)c(C)c1. The summed E-state index contributed by atoms with van der Waals surface area (Å²) in [4.78, 5) is 2.33. The van der Waals surface area contributed by atoms with Crippen molar-refractivity contribution in [2.45, 2.75) is 26.9 Å². The Bertz CT molecular complexity index is 380. The summed E-state index contributed by atoms with van der Waals surface area (Å²) in [7, 11) is 0. The third kappa shape index (κ3) is 2.61. The molecule has 1 heterocycles. The average molecular weight is 235 g/mol. The van der Waals surface area contributed by atoms with Crippen LogP contribution in [-0.2, 0) is 4.74 Å². The van der Waals surface area contributed by atoms with Gasteiger partial charge in [0, 0.05) is 18.8 Å². The first-order chi connectivity index (χ1) is 8.11. The number of aliphatic hydroxyl groups is 1. The zero-order valence-electron chi connectivity index (χ0n) is 10.9. The summed E-state index contributed by atoms with van der Waals surface area (Å²) in [6.45, 7) is 8.90. The second kappa shape index (κ2) is 5.07. The molecule has 0 aliphatic carbocycles. The molecule has 0 saturated carbocycles. The molecule has 1 atom stereocenters. The highest BCUT2D eigenvalue weighted by Crippen LogP contribution is 2.27. The lowest BCUT2D eigenvalue weighted by Gasteiger charge is -2.35. The van der Waals surface area contributed by atoms with Gasteiger partial charge < -0.3 is 14.7 Å². The Morgan fingerprint density at radius 3 is 2.53 bits per heavy atom. The van der Waals surface area contributed by atoms with E-state index in [1.807, 2.05) is 0 Å². The molecule has 0 radical (unpaired) electrons. The molecule has 1 aliphatic heterocycles. The predicted molar refractivity (Wildman–Crippen MR) is 69.7 cm³/mol. The van der Waals surface area contributed by atoms with Crippen LogP contribution in [0.3, 0.4) is 0 Å². The largest absolute Gasteiger partial charge is 0.394 e. The van der Waals surface area contributed by atoms with E-state index >= 15 is 0 Å². The molecule has 3 nitrogen and oxygen atoms in total. The average Bonchev–Trinajstić information content (AvgIpc) is 2.28. The Hall–Kier alpha value is -1.06. The predicted octanol–water partition coefficient (Wildman–Crippen LogP) is 1.81. The number of aliphatic hydroxyl groups excluding tert-OH is 1. The van der Waals surface area contributed by atoms with E-state index in [-0.39, 0.29) is 12.7 Å². The fraction of sp³-hybridized carbons (Fsp3) is 0.571. The number of hydrogen-bond acceptors (Lipinski definition) is 3. The van der Waals surface area contributed by atoms with Gasteiger partial charge in [0.15, 0.2) is 0 Å². The lowest BCUT2D eigenvalue weighted by atomic mass is 10.0. The van der Waals surface area contributed by atoms with Crippen LogP contribution in [0.25, 0.3) is 0 Å². The van der Waals surface area contributed by atoms with Crippen molar-refractivity contribution in [1.29, 1.82) is 0 Å². The lowest BCUT2D eigenvalue weighted by molar-refractivity contribution is 0.00351. The molecule has 2 rings (SSSR count). The molecular weight excluding hydrogens is 214 g/mol. The molecule has 94 valence electrons. The molecule has 1 saturated heterocycles. The highest BCUT2D eigenvalue weighted by Gasteiger charge is 2.22. The number of hydrogen-bond donors (Lipinski definition) is 1. The van der Waals surface area contributed by atoms with Crippen LogP contribution < -0.4 is 4.90 Å². The molecule has 1 fully saturated rings. The van der Waals surface area contributed by atoms with Gasteiger partial charge in [-0.1, -0.05) is 17.7 Å². The summed E-state index contributed by atoms with van der Waals surface area (Å²) in [5.74, 6) is 0. The number of ether oxygens (including phenoxy) is 1. The number of anilines is 1. The normalized spacial score (nSPS) is 20.7. The van der Waals surface area contributed by atoms with Crippen molar-refractivity contribution >= 4 is 5.69 Å². The van der Waals surface area contributed by atoms with Crippen LogP contribution in [-0.4, -0.2) is 37.5 Å². The van der Waals surface area contributed by atoms with Gasteiger partial charge in [-0.25, -0.2) is 0 Å². The van der Waals surface area contributed by atoms with Gasteiger partial charge >= 0.3 is 0 Å². The lowest BCUT2D eigenvalue weighted by Crippen LogP contribution is -2.44.